The SMILES string of the molecule is CC(NC(=O)NCCCC(C)(C)CO)c1ccc(-n2ccnn2)cc1. The number of amides is 2. The second-order valence-electron chi connectivity index (χ2n) is 6.99. The summed E-state index contributed by atoms with van der Waals surface area (Å²) < 4.78 is 1.68. The van der Waals surface area contributed by atoms with Crippen LogP contribution in [0.2, 0.25) is 0 Å². The first-order valence-corrected chi connectivity index (χ1v) is 8.53. The van der Waals surface area contributed by atoms with Gasteiger partial charge in [0.25, 0.3) is 0 Å². The van der Waals surface area contributed by atoms with Gasteiger partial charge < -0.3 is 15.7 Å². The van der Waals surface area contributed by atoms with E-state index in [9.17, 15) is 9.90 Å². The third kappa shape index (κ3) is 5.86. The molecule has 0 aliphatic heterocycles. The standard InChI is InChI=1S/C18H27N5O2/c1-14(21-17(25)19-10-4-9-18(2,3)13-24)15-5-7-16(8-6-15)23-12-11-20-22-23/h5-8,11-12,14,24H,4,9-10,13H2,1-3H3,(H2,19,21,25). The Labute approximate surface area is 148 Å². The van der Waals surface area contributed by atoms with Gasteiger partial charge in [-0.1, -0.05) is 31.2 Å². The minimum atomic E-state index is -0.186. The predicted molar refractivity (Wildman–Crippen MR) is 96.4 cm³/mol. The van der Waals surface area contributed by atoms with Crippen LogP contribution in [0.3, 0.4) is 0 Å². The summed E-state index contributed by atoms with van der Waals surface area (Å²) in [4.78, 5) is 12.0. The lowest BCUT2D eigenvalue weighted by Crippen LogP contribution is -2.37. The third-order valence-electron chi connectivity index (χ3n) is 4.17. The predicted octanol–water partition coefficient (Wildman–Crippen LogP) is 2.43. The molecular weight excluding hydrogens is 318 g/mol. The average molecular weight is 345 g/mol. The highest BCUT2D eigenvalue weighted by molar-refractivity contribution is 5.74. The maximum atomic E-state index is 12.0. The second kappa shape index (κ2) is 8.62. The van der Waals surface area contributed by atoms with Crippen LogP contribution >= 0.6 is 0 Å². The fourth-order valence-corrected chi connectivity index (χ4v) is 2.44. The molecule has 136 valence electrons. The van der Waals surface area contributed by atoms with Crippen LogP contribution in [0.15, 0.2) is 36.7 Å². The second-order valence-corrected chi connectivity index (χ2v) is 6.99. The van der Waals surface area contributed by atoms with E-state index in [1.54, 1.807) is 17.1 Å². The van der Waals surface area contributed by atoms with E-state index in [2.05, 4.69) is 20.9 Å². The molecule has 0 aliphatic rings. The molecule has 7 heteroatoms. The van der Waals surface area contributed by atoms with Gasteiger partial charge in [0.2, 0.25) is 0 Å². The summed E-state index contributed by atoms with van der Waals surface area (Å²) in [5, 5.41) is 22.7. The first-order valence-electron chi connectivity index (χ1n) is 8.53. The summed E-state index contributed by atoms with van der Waals surface area (Å²) in [6.45, 7) is 6.71. The Morgan fingerprint density at radius 3 is 2.64 bits per heavy atom. The van der Waals surface area contributed by atoms with E-state index in [1.807, 2.05) is 45.0 Å². The van der Waals surface area contributed by atoms with Gasteiger partial charge in [0.05, 0.1) is 24.1 Å². The highest BCUT2D eigenvalue weighted by Crippen LogP contribution is 2.20. The van der Waals surface area contributed by atoms with Crippen molar-refractivity contribution in [2.24, 2.45) is 5.41 Å². The molecule has 0 aliphatic carbocycles. The van der Waals surface area contributed by atoms with E-state index < -0.39 is 0 Å². The Kier molecular flexibility index (Phi) is 6.52. The molecule has 2 rings (SSSR count). The van der Waals surface area contributed by atoms with Gasteiger partial charge in [-0.25, -0.2) is 9.48 Å². The van der Waals surface area contributed by atoms with Gasteiger partial charge in [0.15, 0.2) is 0 Å². The zero-order valence-electron chi connectivity index (χ0n) is 15.1. The molecule has 0 saturated heterocycles. The molecule has 1 aromatic heterocycles. The number of aliphatic hydroxyl groups excluding tert-OH is 1. The molecule has 2 amide bonds. The number of carbonyl (C=O) groups excluding carboxylic acids is 1. The topological polar surface area (TPSA) is 92.1 Å². The smallest absolute Gasteiger partial charge is 0.315 e. The van der Waals surface area contributed by atoms with Crippen molar-refractivity contribution in [3.63, 3.8) is 0 Å². The van der Waals surface area contributed by atoms with Crippen LogP contribution in [-0.2, 0) is 0 Å². The van der Waals surface area contributed by atoms with Gasteiger partial charge in [-0.2, -0.15) is 0 Å². The Balaban J connectivity index is 1.77. The highest BCUT2D eigenvalue weighted by Gasteiger charge is 2.16. The molecule has 0 fully saturated rings. The quantitative estimate of drug-likeness (QED) is 0.641. The molecule has 3 N–H and O–H groups in total. The Morgan fingerprint density at radius 1 is 1.32 bits per heavy atom. The maximum Gasteiger partial charge on any atom is 0.315 e. The largest absolute Gasteiger partial charge is 0.396 e. The number of hydrogen-bond acceptors (Lipinski definition) is 4. The summed E-state index contributed by atoms with van der Waals surface area (Å²) in [5.41, 5.74) is 1.84. The third-order valence-corrected chi connectivity index (χ3v) is 4.17. The van der Waals surface area contributed by atoms with Crippen LogP contribution in [0.5, 0.6) is 0 Å². The molecule has 0 saturated carbocycles. The van der Waals surface area contributed by atoms with Crippen molar-refractivity contribution in [3.05, 3.63) is 42.2 Å². The Hall–Kier alpha value is -2.41. The van der Waals surface area contributed by atoms with Crippen molar-refractivity contribution in [2.45, 2.75) is 39.7 Å². The van der Waals surface area contributed by atoms with Crippen LogP contribution in [-0.4, -0.2) is 39.3 Å². The van der Waals surface area contributed by atoms with Crippen molar-refractivity contribution in [1.82, 2.24) is 25.6 Å². The summed E-state index contributed by atoms with van der Waals surface area (Å²) >= 11 is 0. The number of hydrogen-bond donors (Lipinski definition) is 3. The number of rotatable bonds is 8. The number of carbonyl (C=O) groups is 1. The monoisotopic (exact) mass is 345 g/mol. The minimum Gasteiger partial charge on any atom is -0.396 e. The molecule has 0 bridgehead atoms. The number of urea groups is 1. The number of benzene rings is 1. The van der Waals surface area contributed by atoms with Crippen molar-refractivity contribution in [1.29, 1.82) is 0 Å². The normalized spacial score (nSPS) is 12.6. The lowest BCUT2D eigenvalue weighted by atomic mass is 9.89. The van der Waals surface area contributed by atoms with Crippen LogP contribution < -0.4 is 10.6 Å². The Morgan fingerprint density at radius 2 is 2.04 bits per heavy atom. The number of aliphatic hydroxyl groups is 1. The fourth-order valence-electron chi connectivity index (χ4n) is 2.44. The van der Waals surface area contributed by atoms with Crippen LogP contribution in [0.4, 0.5) is 4.79 Å². The van der Waals surface area contributed by atoms with Gasteiger partial charge in [-0.3, -0.25) is 0 Å². The zero-order chi connectivity index (χ0) is 18.3. The molecule has 0 spiro atoms. The van der Waals surface area contributed by atoms with Gasteiger partial charge in [0, 0.05) is 13.2 Å². The van der Waals surface area contributed by atoms with Crippen LogP contribution in [0.25, 0.3) is 5.69 Å². The van der Waals surface area contributed by atoms with E-state index in [0.717, 1.165) is 24.1 Å². The highest BCUT2D eigenvalue weighted by atomic mass is 16.3. The lowest BCUT2D eigenvalue weighted by Gasteiger charge is -2.21. The van der Waals surface area contributed by atoms with E-state index in [1.165, 1.54) is 0 Å². The molecular formula is C18H27N5O2. The summed E-state index contributed by atoms with van der Waals surface area (Å²) in [6.07, 6.45) is 5.11. The summed E-state index contributed by atoms with van der Waals surface area (Å²) in [5.74, 6) is 0. The Bertz CT molecular complexity index is 653. The van der Waals surface area contributed by atoms with Crippen molar-refractivity contribution in [2.75, 3.05) is 13.2 Å². The summed E-state index contributed by atoms with van der Waals surface area (Å²) in [6, 6.07) is 7.53. The van der Waals surface area contributed by atoms with E-state index in [4.69, 9.17) is 0 Å². The minimum absolute atomic E-state index is 0.0984. The van der Waals surface area contributed by atoms with Crippen LogP contribution in [0.1, 0.15) is 45.2 Å². The molecule has 7 nitrogen and oxygen atoms in total. The van der Waals surface area contributed by atoms with Gasteiger partial charge in [-0.05, 0) is 42.9 Å². The molecule has 0 radical (unpaired) electrons. The maximum absolute atomic E-state index is 12.0. The zero-order valence-corrected chi connectivity index (χ0v) is 15.1. The first-order chi connectivity index (χ1) is 11.9. The van der Waals surface area contributed by atoms with Gasteiger partial charge in [-0.15, -0.1) is 5.10 Å². The molecule has 1 unspecified atom stereocenters. The average Bonchev–Trinajstić information content (AvgIpc) is 3.13. The lowest BCUT2D eigenvalue weighted by molar-refractivity contribution is 0.148. The van der Waals surface area contributed by atoms with Crippen molar-refractivity contribution < 1.29 is 9.90 Å². The van der Waals surface area contributed by atoms with E-state index >= 15 is 0 Å². The number of aromatic nitrogens is 3. The van der Waals surface area contributed by atoms with Gasteiger partial charge >= 0.3 is 6.03 Å². The number of nitrogens with zero attached hydrogens (tertiary/aromatic N) is 3. The first kappa shape index (κ1) is 18.9. The molecule has 1 atom stereocenters. The molecule has 2 aromatic rings. The van der Waals surface area contributed by atoms with E-state index in [-0.39, 0.29) is 24.1 Å². The fraction of sp³-hybridized carbons (Fsp3) is 0.500. The molecule has 1 aromatic carbocycles. The van der Waals surface area contributed by atoms with Crippen molar-refractivity contribution >= 4 is 6.03 Å². The number of nitrogens with one attached hydrogen (secondary N) is 2. The van der Waals surface area contributed by atoms with E-state index in [0.29, 0.717) is 6.54 Å². The van der Waals surface area contributed by atoms with Crippen LogP contribution in [0, 0.1) is 5.41 Å². The molecule has 25 heavy (non-hydrogen) atoms. The van der Waals surface area contributed by atoms with Gasteiger partial charge in [0.1, 0.15) is 0 Å². The molecule has 1 heterocycles. The van der Waals surface area contributed by atoms with Crippen molar-refractivity contribution in [3.8, 4) is 5.69 Å². The summed E-state index contributed by atoms with van der Waals surface area (Å²) in [7, 11) is 0.